The Labute approximate surface area is 165 Å². The standard InChI is InChI=1S/C19H18FN3O3S2/c20-14-5-3-13(4-6-14)15-12-16(22-21-15)19(24)23-8-7-18(17-2-1-10-27-17)28(25,26)11-9-23/h1-6,10,12,18H,7-9,11H2,(H,21,22). The van der Waals surface area contributed by atoms with Crippen LogP contribution in [0.3, 0.4) is 0 Å². The number of rotatable bonds is 3. The van der Waals surface area contributed by atoms with Gasteiger partial charge in [0.2, 0.25) is 0 Å². The summed E-state index contributed by atoms with van der Waals surface area (Å²) in [5.41, 5.74) is 1.50. The third-order valence-electron chi connectivity index (χ3n) is 4.84. The average molecular weight is 420 g/mol. The molecule has 0 aliphatic carbocycles. The lowest BCUT2D eigenvalue weighted by Gasteiger charge is -2.18. The molecule has 4 rings (SSSR count). The number of amides is 1. The van der Waals surface area contributed by atoms with E-state index in [-0.39, 0.29) is 29.7 Å². The number of halogens is 1. The molecule has 1 aromatic carbocycles. The molecule has 0 saturated carbocycles. The Kier molecular flexibility index (Phi) is 5.03. The third kappa shape index (κ3) is 3.72. The summed E-state index contributed by atoms with van der Waals surface area (Å²) in [5, 5.41) is 8.14. The summed E-state index contributed by atoms with van der Waals surface area (Å²) >= 11 is 1.42. The molecule has 1 aliphatic heterocycles. The second-order valence-electron chi connectivity index (χ2n) is 6.63. The van der Waals surface area contributed by atoms with E-state index in [4.69, 9.17) is 0 Å². The quantitative estimate of drug-likeness (QED) is 0.706. The van der Waals surface area contributed by atoms with Crippen LogP contribution in [0.25, 0.3) is 11.3 Å². The first-order valence-electron chi connectivity index (χ1n) is 8.79. The van der Waals surface area contributed by atoms with Crippen LogP contribution >= 0.6 is 11.3 Å². The number of aromatic amines is 1. The Balaban J connectivity index is 1.52. The van der Waals surface area contributed by atoms with E-state index in [9.17, 15) is 17.6 Å². The minimum atomic E-state index is -3.32. The normalized spacial score (nSPS) is 19.3. The van der Waals surface area contributed by atoms with Crippen LogP contribution in [0.15, 0.2) is 47.8 Å². The number of nitrogens with zero attached hydrogens (tertiary/aromatic N) is 2. The van der Waals surface area contributed by atoms with Crippen molar-refractivity contribution < 1.29 is 17.6 Å². The van der Waals surface area contributed by atoms with Gasteiger partial charge in [-0.25, -0.2) is 12.8 Å². The Bertz CT molecular complexity index is 1080. The molecule has 1 N–H and O–H groups in total. The number of aromatic nitrogens is 2. The highest BCUT2D eigenvalue weighted by Crippen LogP contribution is 2.32. The van der Waals surface area contributed by atoms with Gasteiger partial charge in [-0.05, 0) is 48.2 Å². The van der Waals surface area contributed by atoms with Crippen LogP contribution in [-0.4, -0.2) is 48.3 Å². The van der Waals surface area contributed by atoms with Crippen LogP contribution in [-0.2, 0) is 9.84 Å². The van der Waals surface area contributed by atoms with Crippen LogP contribution in [0.4, 0.5) is 4.39 Å². The molecular formula is C19H18FN3O3S2. The maximum Gasteiger partial charge on any atom is 0.271 e. The van der Waals surface area contributed by atoms with Crippen LogP contribution in [0.1, 0.15) is 27.0 Å². The number of sulfone groups is 1. The maximum absolute atomic E-state index is 13.1. The molecule has 1 atom stereocenters. The topological polar surface area (TPSA) is 83.1 Å². The van der Waals surface area contributed by atoms with Crippen molar-refractivity contribution in [3.8, 4) is 11.3 Å². The lowest BCUT2D eigenvalue weighted by atomic mass is 10.1. The molecule has 1 unspecified atom stereocenters. The van der Waals surface area contributed by atoms with Gasteiger partial charge in [-0.15, -0.1) is 11.3 Å². The van der Waals surface area contributed by atoms with Gasteiger partial charge in [-0.2, -0.15) is 5.10 Å². The van der Waals surface area contributed by atoms with Gasteiger partial charge >= 0.3 is 0 Å². The third-order valence-corrected chi connectivity index (χ3v) is 8.08. The number of carbonyl (C=O) groups excluding carboxylic acids is 1. The fourth-order valence-corrected chi connectivity index (χ4v) is 6.32. The van der Waals surface area contributed by atoms with Gasteiger partial charge < -0.3 is 4.90 Å². The van der Waals surface area contributed by atoms with Gasteiger partial charge in [0.25, 0.3) is 5.91 Å². The molecule has 146 valence electrons. The van der Waals surface area contributed by atoms with Crippen molar-refractivity contribution in [2.45, 2.75) is 11.7 Å². The highest BCUT2D eigenvalue weighted by Gasteiger charge is 2.33. The first kappa shape index (κ1) is 18.8. The second kappa shape index (κ2) is 7.48. The first-order chi connectivity index (χ1) is 13.4. The minimum Gasteiger partial charge on any atom is -0.336 e. The number of benzene rings is 1. The van der Waals surface area contributed by atoms with Crippen molar-refractivity contribution in [2.75, 3.05) is 18.8 Å². The average Bonchev–Trinajstić information content (AvgIpc) is 3.34. The van der Waals surface area contributed by atoms with E-state index in [2.05, 4.69) is 10.2 Å². The number of hydrogen-bond donors (Lipinski definition) is 1. The van der Waals surface area contributed by atoms with Gasteiger partial charge in [0.15, 0.2) is 9.84 Å². The summed E-state index contributed by atoms with van der Waals surface area (Å²) in [6.45, 7) is 0.499. The number of carbonyl (C=O) groups is 1. The molecule has 1 fully saturated rings. The minimum absolute atomic E-state index is 0.0692. The predicted octanol–water partition coefficient (Wildman–Crippen LogP) is 3.28. The lowest BCUT2D eigenvalue weighted by molar-refractivity contribution is 0.0760. The largest absolute Gasteiger partial charge is 0.336 e. The summed E-state index contributed by atoms with van der Waals surface area (Å²) in [4.78, 5) is 15.2. The van der Waals surface area contributed by atoms with Crippen molar-refractivity contribution in [1.29, 1.82) is 0 Å². The zero-order valence-corrected chi connectivity index (χ0v) is 16.5. The Morgan fingerprint density at radius 2 is 2.00 bits per heavy atom. The molecule has 6 nitrogen and oxygen atoms in total. The van der Waals surface area contributed by atoms with Crippen LogP contribution < -0.4 is 0 Å². The van der Waals surface area contributed by atoms with Gasteiger partial charge in [-0.1, -0.05) is 6.07 Å². The molecule has 2 aromatic heterocycles. The number of nitrogens with one attached hydrogen (secondary N) is 1. The molecule has 0 radical (unpaired) electrons. The zero-order valence-electron chi connectivity index (χ0n) is 14.8. The zero-order chi connectivity index (χ0) is 19.7. The summed E-state index contributed by atoms with van der Waals surface area (Å²) in [6.07, 6.45) is 0.369. The van der Waals surface area contributed by atoms with Gasteiger partial charge in [0, 0.05) is 23.5 Å². The molecule has 1 amide bonds. The smallest absolute Gasteiger partial charge is 0.271 e. The predicted molar refractivity (Wildman–Crippen MR) is 105 cm³/mol. The molecule has 0 spiro atoms. The van der Waals surface area contributed by atoms with Crippen LogP contribution in [0.2, 0.25) is 0 Å². The van der Waals surface area contributed by atoms with Gasteiger partial charge in [0.05, 0.1) is 16.7 Å². The van der Waals surface area contributed by atoms with Crippen LogP contribution in [0.5, 0.6) is 0 Å². The number of H-pyrrole nitrogens is 1. The van der Waals surface area contributed by atoms with Crippen molar-refractivity contribution in [2.24, 2.45) is 0 Å². The number of hydrogen-bond acceptors (Lipinski definition) is 5. The van der Waals surface area contributed by atoms with Crippen molar-refractivity contribution in [1.82, 2.24) is 15.1 Å². The van der Waals surface area contributed by atoms with E-state index in [1.165, 1.54) is 23.5 Å². The fourth-order valence-electron chi connectivity index (χ4n) is 3.31. The molecule has 3 heterocycles. The highest BCUT2D eigenvalue weighted by molar-refractivity contribution is 7.91. The molecule has 0 bridgehead atoms. The summed E-state index contributed by atoms with van der Waals surface area (Å²) in [7, 11) is -3.32. The molecular weight excluding hydrogens is 401 g/mol. The fraction of sp³-hybridized carbons (Fsp3) is 0.263. The Morgan fingerprint density at radius 1 is 1.21 bits per heavy atom. The van der Waals surface area contributed by atoms with E-state index in [1.807, 2.05) is 17.5 Å². The molecule has 1 saturated heterocycles. The summed E-state index contributed by atoms with van der Waals surface area (Å²) in [5.74, 6) is -0.704. The monoisotopic (exact) mass is 419 g/mol. The molecule has 1 aliphatic rings. The van der Waals surface area contributed by atoms with Crippen LogP contribution in [0, 0.1) is 5.82 Å². The van der Waals surface area contributed by atoms with Crippen molar-refractivity contribution in [3.63, 3.8) is 0 Å². The van der Waals surface area contributed by atoms with E-state index in [1.54, 1.807) is 23.1 Å². The van der Waals surface area contributed by atoms with E-state index < -0.39 is 15.1 Å². The summed E-state index contributed by atoms with van der Waals surface area (Å²) in [6, 6.07) is 11.1. The van der Waals surface area contributed by atoms with Gasteiger partial charge in [-0.3, -0.25) is 9.89 Å². The molecule has 28 heavy (non-hydrogen) atoms. The van der Waals surface area contributed by atoms with Crippen molar-refractivity contribution >= 4 is 27.1 Å². The molecule has 9 heteroatoms. The maximum atomic E-state index is 13.1. The van der Waals surface area contributed by atoms with E-state index in [0.29, 0.717) is 24.2 Å². The van der Waals surface area contributed by atoms with E-state index in [0.717, 1.165) is 4.88 Å². The lowest BCUT2D eigenvalue weighted by Crippen LogP contribution is -2.33. The Hall–Kier alpha value is -2.52. The SMILES string of the molecule is O=C(c1cc(-c2ccc(F)cc2)n[nH]1)N1CCC(c2cccs2)S(=O)(=O)CC1. The number of thiophene rings is 1. The summed E-state index contributed by atoms with van der Waals surface area (Å²) < 4.78 is 38.4. The van der Waals surface area contributed by atoms with E-state index >= 15 is 0 Å². The highest BCUT2D eigenvalue weighted by atomic mass is 32.2. The first-order valence-corrected chi connectivity index (χ1v) is 11.4. The molecule has 3 aromatic rings. The second-order valence-corrected chi connectivity index (χ2v) is 9.91. The van der Waals surface area contributed by atoms with Crippen molar-refractivity contribution in [3.05, 3.63) is 64.2 Å². The Morgan fingerprint density at radius 3 is 2.71 bits per heavy atom. The van der Waals surface area contributed by atoms with Gasteiger partial charge in [0.1, 0.15) is 11.5 Å².